The standard InChI is InChI=1S/C14H24N2O3/c1-14(13(18)19)7-2-3-9-16(14)12(17)5-4-11-6-8-15-10-11/h11,15H,2-10H2,1H3,(H,18,19). The summed E-state index contributed by atoms with van der Waals surface area (Å²) in [5, 5.41) is 12.7. The van der Waals surface area contributed by atoms with Crippen LogP contribution in [0.2, 0.25) is 0 Å². The number of carboxylic acid groups (broad SMARTS) is 1. The van der Waals surface area contributed by atoms with Crippen LogP contribution in [0, 0.1) is 5.92 Å². The van der Waals surface area contributed by atoms with Crippen LogP contribution in [0.4, 0.5) is 0 Å². The number of aliphatic carboxylic acids is 1. The van der Waals surface area contributed by atoms with Crippen LogP contribution in [-0.4, -0.2) is 47.1 Å². The summed E-state index contributed by atoms with van der Waals surface area (Å²) in [4.78, 5) is 25.4. The number of rotatable bonds is 4. The molecule has 2 aliphatic rings. The van der Waals surface area contributed by atoms with E-state index in [-0.39, 0.29) is 5.91 Å². The zero-order valence-corrected chi connectivity index (χ0v) is 11.7. The molecule has 2 unspecified atom stereocenters. The van der Waals surface area contributed by atoms with Crippen LogP contribution in [-0.2, 0) is 9.59 Å². The Morgan fingerprint density at radius 1 is 1.42 bits per heavy atom. The molecule has 2 saturated heterocycles. The Balaban J connectivity index is 1.93. The third kappa shape index (κ3) is 3.08. The smallest absolute Gasteiger partial charge is 0.329 e. The molecular formula is C14H24N2O3. The third-order valence-electron chi connectivity index (χ3n) is 4.58. The molecule has 0 radical (unpaired) electrons. The third-order valence-corrected chi connectivity index (χ3v) is 4.58. The molecule has 19 heavy (non-hydrogen) atoms. The average molecular weight is 268 g/mol. The van der Waals surface area contributed by atoms with Crippen molar-refractivity contribution in [2.24, 2.45) is 5.92 Å². The molecule has 0 bridgehead atoms. The summed E-state index contributed by atoms with van der Waals surface area (Å²) < 4.78 is 0. The maximum Gasteiger partial charge on any atom is 0.329 e. The molecule has 1 amide bonds. The summed E-state index contributed by atoms with van der Waals surface area (Å²) in [6.07, 6.45) is 4.86. The summed E-state index contributed by atoms with van der Waals surface area (Å²) in [5.74, 6) is -0.288. The molecular weight excluding hydrogens is 244 g/mol. The molecule has 0 saturated carbocycles. The minimum atomic E-state index is -0.997. The van der Waals surface area contributed by atoms with Gasteiger partial charge in [0.1, 0.15) is 5.54 Å². The Morgan fingerprint density at radius 3 is 2.84 bits per heavy atom. The molecule has 2 atom stereocenters. The van der Waals surface area contributed by atoms with Gasteiger partial charge in [-0.3, -0.25) is 4.79 Å². The lowest BCUT2D eigenvalue weighted by molar-refractivity contribution is -0.161. The first-order valence-electron chi connectivity index (χ1n) is 7.28. The highest BCUT2D eigenvalue weighted by atomic mass is 16.4. The molecule has 0 spiro atoms. The van der Waals surface area contributed by atoms with Crippen molar-refractivity contribution in [3.05, 3.63) is 0 Å². The van der Waals surface area contributed by atoms with Gasteiger partial charge in [0.25, 0.3) is 0 Å². The van der Waals surface area contributed by atoms with Gasteiger partial charge in [0, 0.05) is 13.0 Å². The van der Waals surface area contributed by atoms with E-state index in [1.807, 2.05) is 0 Å². The topological polar surface area (TPSA) is 69.6 Å². The van der Waals surface area contributed by atoms with Gasteiger partial charge in [-0.1, -0.05) is 0 Å². The van der Waals surface area contributed by atoms with E-state index in [1.165, 1.54) is 0 Å². The second-order valence-electron chi connectivity index (χ2n) is 5.98. The number of amides is 1. The van der Waals surface area contributed by atoms with E-state index >= 15 is 0 Å². The van der Waals surface area contributed by atoms with Crippen molar-refractivity contribution >= 4 is 11.9 Å². The van der Waals surface area contributed by atoms with Crippen molar-refractivity contribution in [2.75, 3.05) is 19.6 Å². The lowest BCUT2D eigenvalue weighted by Crippen LogP contribution is -2.57. The lowest BCUT2D eigenvalue weighted by atomic mass is 9.87. The van der Waals surface area contributed by atoms with Gasteiger partial charge in [0.2, 0.25) is 5.91 Å². The molecule has 108 valence electrons. The molecule has 2 aliphatic heterocycles. The Hall–Kier alpha value is -1.10. The predicted molar refractivity (Wildman–Crippen MR) is 71.8 cm³/mol. The van der Waals surface area contributed by atoms with E-state index in [1.54, 1.807) is 11.8 Å². The Labute approximate surface area is 114 Å². The number of nitrogens with zero attached hydrogens (tertiary/aromatic N) is 1. The fourth-order valence-corrected chi connectivity index (χ4v) is 3.17. The van der Waals surface area contributed by atoms with Gasteiger partial charge in [-0.15, -0.1) is 0 Å². The second kappa shape index (κ2) is 5.90. The molecule has 0 aromatic rings. The first kappa shape index (κ1) is 14.3. The van der Waals surface area contributed by atoms with Crippen LogP contribution in [0.5, 0.6) is 0 Å². The quantitative estimate of drug-likeness (QED) is 0.804. The summed E-state index contributed by atoms with van der Waals surface area (Å²) in [7, 11) is 0. The van der Waals surface area contributed by atoms with E-state index in [4.69, 9.17) is 0 Å². The minimum Gasteiger partial charge on any atom is -0.480 e. The minimum absolute atomic E-state index is 0.0106. The Bertz CT molecular complexity index is 353. The molecule has 2 N–H and O–H groups in total. The lowest BCUT2D eigenvalue weighted by Gasteiger charge is -2.41. The molecule has 0 aromatic carbocycles. The van der Waals surface area contributed by atoms with E-state index in [0.29, 0.717) is 25.3 Å². The summed E-state index contributed by atoms with van der Waals surface area (Å²) in [6, 6.07) is 0. The van der Waals surface area contributed by atoms with Crippen molar-refractivity contribution in [3.8, 4) is 0 Å². The molecule has 0 aliphatic carbocycles. The van der Waals surface area contributed by atoms with Crippen LogP contribution < -0.4 is 5.32 Å². The maximum absolute atomic E-state index is 12.3. The van der Waals surface area contributed by atoms with E-state index in [0.717, 1.165) is 38.8 Å². The highest BCUT2D eigenvalue weighted by Crippen LogP contribution is 2.29. The monoisotopic (exact) mass is 268 g/mol. The largest absolute Gasteiger partial charge is 0.480 e. The van der Waals surface area contributed by atoms with Gasteiger partial charge in [-0.25, -0.2) is 4.79 Å². The van der Waals surface area contributed by atoms with E-state index in [9.17, 15) is 14.7 Å². The van der Waals surface area contributed by atoms with E-state index < -0.39 is 11.5 Å². The predicted octanol–water partition coefficient (Wildman–Crippen LogP) is 1.23. The molecule has 2 heterocycles. The summed E-state index contributed by atoms with van der Waals surface area (Å²) >= 11 is 0. The van der Waals surface area contributed by atoms with Crippen molar-refractivity contribution in [1.29, 1.82) is 0 Å². The molecule has 5 heteroatoms. The van der Waals surface area contributed by atoms with Gasteiger partial charge < -0.3 is 15.3 Å². The Kier molecular flexibility index (Phi) is 4.45. The first-order valence-corrected chi connectivity index (χ1v) is 7.28. The highest BCUT2D eigenvalue weighted by molar-refractivity contribution is 5.87. The fraction of sp³-hybridized carbons (Fsp3) is 0.857. The molecule has 5 nitrogen and oxygen atoms in total. The van der Waals surface area contributed by atoms with Crippen LogP contribution in [0.3, 0.4) is 0 Å². The number of carbonyl (C=O) groups excluding carboxylic acids is 1. The van der Waals surface area contributed by atoms with Gasteiger partial charge >= 0.3 is 5.97 Å². The van der Waals surface area contributed by atoms with E-state index in [2.05, 4.69) is 5.32 Å². The first-order chi connectivity index (χ1) is 9.04. The molecule has 2 rings (SSSR count). The number of piperidine rings is 1. The number of carboxylic acids is 1. The van der Waals surface area contributed by atoms with Crippen molar-refractivity contribution in [2.45, 2.75) is 51.0 Å². The highest BCUT2D eigenvalue weighted by Gasteiger charge is 2.43. The number of hydrogen-bond donors (Lipinski definition) is 2. The summed E-state index contributed by atoms with van der Waals surface area (Å²) in [5.41, 5.74) is -0.997. The number of nitrogens with one attached hydrogen (secondary N) is 1. The van der Waals surface area contributed by atoms with Gasteiger partial charge in [0.05, 0.1) is 0 Å². The number of likely N-dealkylation sites (tertiary alicyclic amines) is 1. The number of carbonyl (C=O) groups is 2. The summed E-state index contributed by atoms with van der Waals surface area (Å²) in [6.45, 7) is 4.30. The Morgan fingerprint density at radius 2 is 2.21 bits per heavy atom. The van der Waals surface area contributed by atoms with Crippen LogP contribution >= 0.6 is 0 Å². The zero-order valence-electron chi connectivity index (χ0n) is 11.7. The van der Waals surface area contributed by atoms with Crippen molar-refractivity contribution in [3.63, 3.8) is 0 Å². The van der Waals surface area contributed by atoms with Crippen LogP contribution in [0.1, 0.15) is 45.4 Å². The molecule has 2 fully saturated rings. The average Bonchev–Trinajstić information content (AvgIpc) is 2.89. The molecule has 0 aromatic heterocycles. The van der Waals surface area contributed by atoms with Crippen molar-refractivity contribution < 1.29 is 14.7 Å². The number of hydrogen-bond acceptors (Lipinski definition) is 3. The SMILES string of the molecule is CC1(C(=O)O)CCCCN1C(=O)CCC1CCNC1. The van der Waals surface area contributed by atoms with Gasteiger partial charge in [-0.2, -0.15) is 0 Å². The van der Waals surface area contributed by atoms with Crippen molar-refractivity contribution in [1.82, 2.24) is 10.2 Å². The normalized spacial score (nSPS) is 31.4. The van der Waals surface area contributed by atoms with Crippen LogP contribution in [0.25, 0.3) is 0 Å². The van der Waals surface area contributed by atoms with Gasteiger partial charge in [-0.05, 0) is 58.0 Å². The second-order valence-corrected chi connectivity index (χ2v) is 5.98. The fourth-order valence-electron chi connectivity index (χ4n) is 3.17. The van der Waals surface area contributed by atoms with Gasteiger partial charge in [0.15, 0.2) is 0 Å². The zero-order chi connectivity index (χ0) is 13.9. The maximum atomic E-state index is 12.3. The van der Waals surface area contributed by atoms with Crippen LogP contribution in [0.15, 0.2) is 0 Å².